The summed E-state index contributed by atoms with van der Waals surface area (Å²) in [6, 6.07) is 12.7. The molecule has 2 aromatic carbocycles. The SMILES string of the molecule is CCOC(=O)c1nc(-c2cccc(Cl)c2)n(-c2ccc(F)cc2)n1. The second-order valence-corrected chi connectivity index (χ2v) is 5.31. The van der Waals surface area contributed by atoms with Crippen LogP contribution in [0.4, 0.5) is 4.39 Å². The third kappa shape index (κ3) is 3.28. The van der Waals surface area contributed by atoms with Crippen molar-refractivity contribution >= 4 is 17.6 Å². The average molecular weight is 346 g/mol. The predicted octanol–water partition coefficient (Wildman–Crippen LogP) is 3.90. The number of halogens is 2. The summed E-state index contributed by atoms with van der Waals surface area (Å²) < 4.78 is 19.6. The zero-order valence-corrected chi connectivity index (χ0v) is 13.5. The summed E-state index contributed by atoms with van der Waals surface area (Å²) in [7, 11) is 0. The number of hydrogen-bond donors (Lipinski definition) is 0. The van der Waals surface area contributed by atoms with E-state index in [0.29, 0.717) is 22.1 Å². The maximum absolute atomic E-state index is 13.2. The number of carbonyl (C=O) groups excluding carboxylic acids is 1. The maximum atomic E-state index is 13.2. The van der Waals surface area contributed by atoms with Gasteiger partial charge in [-0.15, -0.1) is 5.10 Å². The average Bonchev–Trinajstić information content (AvgIpc) is 3.01. The van der Waals surface area contributed by atoms with E-state index in [2.05, 4.69) is 10.1 Å². The second kappa shape index (κ2) is 6.80. The molecule has 3 aromatic rings. The van der Waals surface area contributed by atoms with Crippen LogP contribution in [0.15, 0.2) is 48.5 Å². The van der Waals surface area contributed by atoms with Crippen molar-refractivity contribution in [1.82, 2.24) is 14.8 Å². The molecule has 0 saturated heterocycles. The second-order valence-electron chi connectivity index (χ2n) is 4.88. The largest absolute Gasteiger partial charge is 0.460 e. The summed E-state index contributed by atoms with van der Waals surface area (Å²) in [6.45, 7) is 1.92. The Kier molecular flexibility index (Phi) is 4.57. The molecule has 0 spiro atoms. The lowest BCUT2D eigenvalue weighted by Gasteiger charge is -2.06. The van der Waals surface area contributed by atoms with Crippen molar-refractivity contribution in [2.45, 2.75) is 6.92 Å². The molecule has 0 bridgehead atoms. The number of aromatic nitrogens is 3. The quantitative estimate of drug-likeness (QED) is 0.673. The van der Waals surface area contributed by atoms with Crippen molar-refractivity contribution in [3.63, 3.8) is 0 Å². The van der Waals surface area contributed by atoms with Crippen LogP contribution >= 0.6 is 11.6 Å². The summed E-state index contributed by atoms with van der Waals surface area (Å²) >= 11 is 6.03. The highest BCUT2D eigenvalue weighted by molar-refractivity contribution is 6.30. The third-order valence-electron chi connectivity index (χ3n) is 3.22. The first kappa shape index (κ1) is 16.1. The van der Waals surface area contributed by atoms with Crippen LogP contribution in [0, 0.1) is 5.82 Å². The molecule has 0 aliphatic heterocycles. The summed E-state index contributed by atoms with van der Waals surface area (Å²) in [5.41, 5.74) is 1.24. The van der Waals surface area contributed by atoms with E-state index in [-0.39, 0.29) is 18.2 Å². The van der Waals surface area contributed by atoms with Crippen LogP contribution in [0.2, 0.25) is 5.02 Å². The summed E-state index contributed by atoms with van der Waals surface area (Å²) in [4.78, 5) is 16.2. The monoisotopic (exact) mass is 345 g/mol. The highest BCUT2D eigenvalue weighted by Gasteiger charge is 2.19. The van der Waals surface area contributed by atoms with Crippen molar-refractivity contribution in [1.29, 1.82) is 0 Å². The van der Waals surface area contributed by atoms with Gasteiger partial charge in [-0.05, 0) is 43.3 Å². The Labute approximate surface area is 142 Å². The number of nitrogens with zero attached hydrogens (tertiary/aromatic N) is 3. The minimum Gasteiger partial charge on any atom is -0.460 e. The molecule has 0 fully saturated rings. The molecule has 0 atom stereocenters. The van der Waals surface area contributed by atoms with Crippen molar-refractivity contribution in [3.8, 4) is 17.1 Å². The summed E-state index contributed by atoms with van der Waals surface area (Å²) in [5.74, 6) is -0.654. The van der Waals surface area contributed by atoms with E-state index < -0.39 is 5.97 Å². The first-order valence-electron chi connectivity index (χ1n) is 7.24. The molecule has 3 rings (SSSR count). The lowest BCUT2D eigenvalue weighted by Crippen LogP contribution is -2.07. The number of ether oxygens (including phenoxy) is 1. The minimum atomic E-state index is -0.623. The third-order valence-corrected chi connectivity index (χ3v) is 3.45. The zero-order chi connectivity index (χ0) is 17.1. The Bertz CT molecular complexity index is 878. The molecular weight excluding hydrogens is 333 g/mol. The van der Waals surface area contributed by atoms with E-state index in [0.717, 1.165) is 0 Å². The van der Waals surface area contributed by atoms with Crippen LogP contribution in [0.5, 0.6) is 0 Å². The number of benzene rings is 2. The first-order valence-corrected chi connectivity index (χ1v) is 7.62. The van der Waals surface area contributed by atoms with Crippen molar-refractivity contribution in [2.75, 3.05) is 6.61 Å². The fourth-order valence-electron chi connectivity index (χ4n) is 2.17. The Hall–Kier alpha value is -2.73. The lowest BCUT2D eigenvalue weighted by molar-refractivity contribution is 0.0512. The van der Waals surface area contributed by atoms with Gasteiger partial charge in [-0.1, -0.05) is 23.7 Å². The van der Waals surface area contributed by atoms with Gasteiger partial charge in [0.2, 0.25) is 0 Å². The number of rotatable bonds is 4. The van der Waals surface area contributed by atoms with Gasteiger partial charge in [-0.25, -0.2) is 18.9 Å². The van der Waals surface area contributed by atoms with Crippen LogP contribution in [0.25, 0.3) is 17.1 Å². The number of hydrogen-bond acceptors (Lipinski definition) is 4. The van der Waals surface area contributed by atoms with Gasteiger partial charge in [0, 0.05) is 10.6 Å². The molecule has 1 aromatic heterocycles. The van der Waals surface area contributed by atoms with Crippen LogP contribution in [-0.4, -0.2) is 27.3 Å². The Morgan fingerprint density at radius 3 is 2.67 bits per heavy atom. The van der Waals surface area contributed by atoms with Gasteiger partial charge in [0.15, 0.2) is 5.82 Å². The van der Waals surface area contributed by atoms with Gasteiger partial charge in [-0.2, -0.15) is 0 Å². The molecule has 0 saturated carbocycles. The standard InChI is InChI=1S/C17H13ClFN3O2/c1-2-24-17(23)15-20-16(11-4-3-5-12(18)10-11)22(21-15)14-8-6-13(19)7-9-14/h3-10H,2H2,1H3. The highest BCUT2D eigenvalue weighted by atomic mass is 35.5. The van der Waals surface area contributed by atoms with Gasteiger partial charge in [0.05, 0.1) is 12.3 Å². The smallest absolute Gasteiger partial charge is 0.378 e. The molecule has 0 N–H and O–H groups in total. The van der Waals surface area contributed by atoms with Crippen LogP contribution < -0.4 is 0 Å². The normalized spacial score (nSPS) is 10.6. The van der Waals surface area contributed by atoms with Crippen molar-refractivity contribution in [2.24, 2.45) is 0 Å². The lowest BCUT2D eigenvalue weighted by atomic mass is 10.2. The molecule has 5 nitrogen and oxygen atoms in total. The molecule has 7 heteroatoms. The van der Waals surface area contributed by atoms with Crippen LogP contribution in [0.1, 0.15) is 17.5 Å². The van der Waals surface area contributed by atoms with E-state index in [1.54, 1.807) is 43.3 Å². The summed E-state index contributed by atoms with van der Waals surface area (Å²) in [6.07, 6.45) is 0. The fourth-order valence-corrected chi connectivity index (χ4v) is 2.36. The molecule has 1 heterocycles. The molecule has 0 aliphatic rings. The maximum Gasteiger partial charge on any atom is 0.378 e. The van der Waals surface area contributed by atoms with E-state index in [1.807, 2.05) is 0 Å². The zero-order valence-electron chi connectivity index (χ0n) is 12.7. The molecule has 24 heavy (non-hydrogen) atoms. The minimum absolute atomic E-state index is 0.0730. The van der Waals surface area contributed by atoms with Gasteiger partial charge >= 0.3 is 5.97 Å². The van der Waals surface area contributed by atoms with Gasteiger partial charge in [-0.3, -0.25) is 0 Å². The van der Waals surface area contributed by atoms with E-state index in [4.69, 9.17) is 16.3 Å². The highest BCUT2D eigenvalue weighted by Crippen LogP contribution is 2.24. The number of carbonyl (C=O) groups is 1. The summed E-state index contributed by atoms with van der Waals surface area (Å²) in [5, 5.41) is 4.73. The van der Waals surface area contributed by atoms with Crippen LogP contribution in [-0.2, 0) is 4.74 Å². The molecule has 0 unspecified atom stereocenters. The van der Waals surface area contributed by atoms with Crippen molar-refractivity contribution in [3.05, 3.63) is 65.2 Å². The van der Waals surface area contributed by atoms with Crippen LogP contribution in [0.3, 0.4) is 0 Å². The van der Waals surface area contributed by atoms with Gasteiger partial charge in [0.25, 0.3) is 5.82 Å². The van der Waals surface area contributed by atoms with E-state index in [9.17, 15) is 9.18 Å². The Morgan fingerprint density at radius 1 is 1.25 bits per heavy atom. The molecule has 0 radical (unpaired) electrons. The molecule has 122 valence electrons. The molecule has 0 aliphatic carbocycles. The number of esters is 1. The van der Waals surface area contributed by atoms with Gasteiger partial charge < -0.3 is 4.74 Å². The first-order chi connectivity index (χ1) is 11.6. The fraction of sp³-hybridized carbons (Fsp3) is 0.118. The Morgan fingerprint density at radius 2 is 2.00 bits per heavy atom. The molecular formula is C17H13ClFN3O2. The molecule has 0 amide bonds. The Balaban J connectivity index is 2.14. The predicted molar refractivity (Wildman–Crippen MR) is 87.7 cm³/mol. The van der Waals surface area contributed by atoms with Crippen molar-refractivity contribution < 1.29 is 13.9 Å². The van der Waals surface area contributed by atoms with E-state index >= 15 is 0 Å². The van der Waals surface area contributed by atoms with Gasteiger partial charge in [0.1, 0.15) is 5.82 Å². The topological polar surface area (TPSA) is 57.0 Å². The van der Waals surface area contributed by atoms with E-state index in [1.165, 1.54) is 16.8 Å².